The molecule has 0 aliphatic heterocycles. The molecule has 0 aliphatic rings. The van der Waals surface area contributed by atoms with Crippen molar-refractivity contribution in [3.63, 3.8) is 0 Å². The van der Waals surface area contributed by atoms with Crippen molar-refractivity contribution in [1.29, 1.82) is 0 Å². The van der Waals surface area contributed by atoms with E-state index in [4.69, 9.17) is 16.3 Å². The lowest BCUT2D eigenvalue weighted by molar-refractivity contribution is 0.415. The molecule has 2 rings (SSSR count). The van der Waals surface area contributed by atoms with E-state index in [-0.39, 0.29) is 0 Å². The van der Waals surface area contributed by atoms with Gasteiger partial charge in [-0.2, -0.15) is 0 Å². The minimum atomic E-state index is 0.658. The van der Waals surface area contributed by atoms with E-state index in [2.05, 4.69) is 4.98 Å². The van der Waals surface area contributed by atoms with Crippen LogP contribution in [0.1, 0.15) is 5.01 Å². The molecule has 1 aromatic heterocycles. The van der Waals surface area contributed by atoms with Crippen molar-refractivity contribution in [2.75, 3.05) is 7.11 Å². The molecule has 0 unspecified atom stereocenters. The van der Waals surface area contributed by atoms with Crippen molar-refractivity contribution in [2.45, 2.75) is 6.92 Å². The number of rotatable bonds is 1. The van der Waals surface area contributed by atoms with E-state index in [1.54, 1.807) is 18.4 Å². The molecule has 1 aromatic carbocycles. The minimum Gasteiger partial charge on any atom is -0.495 e. The molecule has 0 atom stereocenters. The van der Waals surface area contributed by atoms with Crippen LogP contribution < -0.4 is 4.74 Å². The average Bonchev–Trinajstić information content (AvgIpc) is 2.47. The van der Waals surface area contributed by atoms with E-state index in [1.807, 2.05) is 19.1 Å². The number of halogens is 1. The van der Waals surface area contributed by atoms with Crippen molar-refractivity contribution in [3.8, 4) is 5.75 Å². The number of nitrogens with zero attached hydrogens (tertiary/aromatic N) is 1. The third-order valence-electron chi connectivity index (χ3n) is 1.79. The fourth-order valence-corrected chi connectivity index (χ4v) is 2.41. The smallest absolute Gasteiger partial charge is 0.139 e. The van der Waals surface area contributed by atoms with Gasteiger partial charge in [0.15, 0.2) is 0 Å². The molecule has 0 bridgehead atoms. The molecule has 2 nitrogen and oxygen atoms in total. The number of aromatic nitrogens is 1. The van der Waals surface area contributed by atoms with Crippen LogP contribution in [0.15, 0.2) is 12.1 Å². The summed E-state index contributed by atoms with van der Waals surface area (Å²) in [6.45, 7) is 1.97. The Balaban J connectivity index is 2.78. The van der Waals surface area contributed by atoms with E-state index >= 15 is 0 Å². The summed E-state index contributed by atoms with van der Waals surface area (Å²) < 4.78 is 6.11. The Hall–Kier alpha value is -0.800. The molecule has 0 saturated carbocycles. The fraction of sp³-hybridized carbons (Fsp3) is 0.222. The Morgan fingerprint density at radius 1 is 1.46 bits per heavy atom. The monoisotopic (exact) mass is 213 g/mol. The average molecular weight is 214 g/mol. The molecule has 0 radical (unpaired) electrons. The third-order valence-corrected chi connectivity index (χ3v) is 3.28. The van der Waals surface area contributed by atoms with Crippen LogP contribution in [-0.4, -0.2) is 12.1 Å². The van der Waals surface area contributed by atoms with Crippen LogP contribution in [0.4, 0.5) is 0 Å². The summed E-state index contributed by atoms with van der Waals surface area (Å²) in [4.78, 5) is 4.33. The first-order chi connectivity index (χ1) is 6.22. The Kier molecular flexibility index (Phi) is 2.14. The number of benzene rings is 1. The number of hydrogen-bond acceptors (Lipinski definition) is 3. The number of hydrogen-bond donors (Lipinski definition) is 0. The first-order valence-electron chi connectivity index (χ1n) is 3.82. The van der Waals surface area contributed by atoms with E-state index < -0.39 is 0 Å². The third kappa shape index (κ3) is 1.38. The molecule has 0 amide bonds. The van der Waals surface area contributed by atoms with E-state index in [0.717, 1.165) is 15.2 Å². The molecule has 68 valence electrons. The second-order valence-electron chi connectivity index (χ2n) is 2.66. The van der Waals surface area contributed by atoms with Crippen molar-refractivity contribution in [1.82, 2.24) is 4.98 Å². The van der Waals surface area contributed by atoms with Gasteiger partial charge in [-0.25, -0.2) is 4.98 Å². The maximum atomic E-state index is 6.10. The standard InChI is InChI=1S/C9H8ClNOS/c1-5-11-6-3-4-7(12-2)8(10)9(6)13-5/h3-4H,1-2H3. The summed E-state index contributed by atoms with van der Waals surface area (Å²) in [6, 6.07) is 3.76. The predicted molar refractivity (Wildman–Crippen MR) is 55.9 cm³/mol. The van der Waals surface area contributed by atoms with Gasteiger partial charge in [-0.1, -0.05) is 11.6 Å². The molecule has 0 aliphatic carbocycles. The quantitative estimate of drug-likeness (QED) is 0.726. The van der Waals surface area contributed by atoms with Gasteiger partial charge < -0.3 is 4.74 Å². The van der Waals surface area contributed by atoms with Crippen LogP contribution in [0.2, 0.25) is 5.02 Å². The molecule has 13 heavy (non-hydrogen) atoms. The van der Waals surface area contributed by atoms with E-state index in [0.29, 0.717) is 10.8 Å². The molecule has 0 N–H and O–H groups in total. The van der Waals surface area contributed by atoms with E-state index in [1.165, 1.54) is 0 Å². The van der Waals surface area contributed by atoms with Crippen LogP contribution >= 0.6 is 22.9 Å². The van der Waals surface area contributed by atoms with Gasteiger partial charge in [-0.3, -0.25) is 0 Å². The van der Waals surface area contributed by atoms with Crippen molar-refractivity contribution in [3.05, 3.63) is 22.2 Å². The van der Waals surface area contributed by atoms with Crippen molar-refractivity contribution in [2.24, 2.45) is 0 Å². The number of ether oxygens (including phenoxy) is 1. The van der Waals surface area contributed by atoms with Gasteiger partial charge in [0.25, 0.3) is 0 Å². The lowest BCUT2D eigenvalue weighted by Crippen LogP contribution is -1.83. The van der Waals surface area contributed by atoms with Crippen LogP contribution in [-0.2, 0) is 0 Å². The number of thiazole rings is 1. The lowest BCUT2D eigenvalue weighted by Gasteiger charge is -2.01. The van der Waals surface area contributed by atoms with Crippen LogP contribution in [0.3, 0.4) is 0 Å². The molecular formula is C9H8ClNOS. The minimum absolute atomic E-state index is 0.658. The highest BCUT2D eigenvalue weighted by atomic mass is 35.5. The maximum absolute atomic E-state index is 6.10. The van der Waals surface area contributed by atoms with Gasteiger partial charge in [0.2, 0.25) is 0 Å². The first kappa shape index (κ1) is 8.78. The van der Waals surface area contributed by atoms with E-state index in [9.17, 15) is 0 Å². The summed E-state index contributed by atoms with van der Waals surface area (Å²) in [7, 11) is 1.61. The highest BCUT2D eigenvalue weighted by molar-refractivity contribution is 7.19. The molecule has 1 heterocycles. The van der Waals surface area contributed by atoms with Crippen molar-refractivity contribution < 1.29 is 4.74 Å². The second-order valence-corrected chi connectivity index (χ2v) is 4.24. The lowest BCUT2D eigenvalue weighted by atomic mass is 10.3. The summed E-state index contributed by atoms with van der Waals surface area (Å²) in [5.74, 6) is 0.706. The zero-order chi connectivity index (χ0) is 9.42. The highest BCUT2D eigenvalue weighted by Crippen LogP contribution is 2.35. The molecular weight excluding hydrogens is 206 g/mol. The van der Waals surface area contributed by atoms with Crippen molar-refractivity contribution >= 4 is 33.2 Å². The largest absolute Gasteiger partial charge is 0.495 e. The Morgan fingerprint density at radius 2 is 2.23 bits per heavy atom. The van der Waals surface area contributed by atoms with Gasteiger partial charge in [-0.15, -0.1) is 11.3 Å². The zero-order valence-electron chi connectivity index (χ0n) is 7.30. The summed E-state index contributed by atoms with van der Waals surface area (Å²) in [5.41, 5.74) is 0.938. The highest BCUT2D eigenvalue weighted by Gasteiger charge is 2.08. The zero-order valence-corrected chi connectivity index (χ0v) is 8.87. The number of fused-ring (bicyclic) bond motifs is 1. The SMILES string of the molecule is COc1ccc2nc(C)sc2c1Cl. The topological polar surface area (TPSA) is 22.1 Å². The molecule has 0 saturated heterocycles. The second kappa shape index (κ2) is 3.16. The normalized spacial score (nSPS) is 10.7. The first-order valence-corrected chi connectivity index (χ1v) is 5.01. The maximum Gasteiger partial charge on any atom is 0.139 e. The molecule has 2 aromatic rings. The molecule has 0 fully saturated rings. The molecule has 0 spiro atoms. The van der Waals surface area contributed by atoms with Crippen LogP contribution in [0.5, 0.6) is 5.75 Å². The van der Waals surface area contributed by atoms with Gasteiger partial charge in [0.05, 0.1) is 22.3 Å². The van der Waals surface area contributed by atoms with Gasteiger partial charge in [-0.05, 0) is 19.1 Å². The van der Waals surface area contributed by atoms with Gasteiger partial charge in [0.1, 0.15) is 10.8 Å². The Labute approximate surface area is 85.1 Å². The van der Waals surface area contributed by atoms with Gasteiger partial charge >= 0.3 is 0 Å². The van der Waals surface area contributed by atoms with Crippen LogP contribution in [0, 0.1) is 6.92 Å². The van der Waals surface area contributed by atoms with Gasteiger partial charge in [0, 0.05) is 0 Å². The molecule has 4 heteroatoms. The number of methoxy groups -OCH3 is 1. The summed E-state index contributed by atoms with van der Waals surface area (Å²) in [6.07, 6.45) is 0. The Morgan fingerprint density at radius 3 is 2.92 bits per heavy atom. The van der Waals surface area contributed by atoms with Crippen LogP contribution in [0.25, 0.3) is 10.2 Å². The fourth-order valence-electron chi connectivity index (χ4n) is 1.21. The summed E-state index contributed by atoms with van der Waals surface area (Å²) >= 11 is 7.69. The predicted octanol–water partition coefficient (Wildman–Crippen LogP) is 3.27. The number of aryl methyl sites for hydroxylation is 1. The summed E-state index contributed by atoms with van der Waals surface area (Å²) in [5, 5.41) is 1.68. The Bertz CT molecular complexity index is 452.